The monoisotopic (exact) mass is 296 g/mol. The Labute approximate surface area is 118 Å². The van der Waals surface area contributed by atoms with Gasteiger partial charge in [0.2, 0.25) is 16.6 Å². The largest absolute Gasteiger partial charge is 0.544 e. The summed E-state index contributed by atoms with van der Waals surface area (Å²) in [5, 5.41) is 0. The molecule has 0 aliphatic heterocycles. The van der Waals surface area contributed by atoms with Crippen LogP contribution in [0, 0.1) is 0 Å². The summed E-state index contributed by atoms with van der Waals surface area (Å²) in [4.78, 5) is 11.7. The molecule has 0 aliphatic rings. The average molecular weight is 297 g/mol. The average Bonchev–Trinajstić information content (AvgIpc) is 2.15. The molecule has 0 fully saturated rings. The molecule has 5 heteroatoms. The van der Waals surface area contributed by atoms with Crippen molar-refractivity contribution < 1.29 is 13.6 Å². The Bertz CT molecular complexity index is 427. The molecule has 0 heterocycles. The van der Waals surface area contributed by atoms with Crippen LogP contribution in [0.25, 0.3) is 0 Å². The maximum atomic E-state index is 11.7. The van der Waals surface area contributed by atoms with E-state index in [-0.39, 0.29) is 5.97 Å². The van der Waals surface area contributed by atoms with Crippen LogP contribution in [0.4, 0.5) is 0 Å². The minimum Gasteiger partial charge on any atom is -0.544 e. The van der Waals surface area contributed by atoms with E-state index in [9.17, 15) is 4.79 Å². The van der Waals surface area contributed by atoms with Crippen LogP contribution in [0.5, 0.6) is 5.75 Å². The van der Waals surface area contributed by atoms with Crippen LogP contribution in [0.3, 0.4) is 0 Å². The first-order valence-electron chi connectivity index (χ1n) is 6.55. The van der Waals surface area contributed by atoms with Crippen molar-refractivity contribution in [3.8, 4) is 5.75 Å². The summed E-state index contributed by atoms with van der Waals surface area (Å²) in [7, 11) is -3.35. The van der Waals surface area contributed by atoms with Gasteiger partial charge < -0.3 is 8.85 Å². The standard InChI is InChI=1S/C14H24O3Si2/c1-18(2,3)16-13-9-7-12(8-10-13)11-14(15)17-19(4,5)6/h7-10H,11H2,1-6H3. The Morgan fingerprint density at radius 3 is 1.89 bits per heavy atom. The molecule has 0 atom stereocenters. The molecule has 1 aromatic rings. The van der Waals surface area contributed by atoms with Gasteiger partial charge in [-0.3, -0.25) is 4.79 Å². The van der Waals surface area contributed by atoms with Gasteiger partial charge in [-0.1, -0.05) is 12.1 Å². The number of carbonyl (C=O) groups excluding carboxylic acids is 1. The highest BCUT2D eigenvalue weighted by atomic mass is 28.4. The smallest absolute Gasteiger partial charge is 0.296 e. The number of rotatable bonds is 5. The van der Waals surface area contributed by atoms with Crippen LogP contribution in [0.2, 0.25) is 39.3 Å². The number of benzene rings is 1. The molecule has 0 radical (unpaired) electrons. The highest BCUT2D eigenvalue weighted by molar-refractivity contribution is 6.71. The Morgan fingerprint density at radius 1 is 0.947 bits per heavy atom. The third-order valence-electron chi connectivity index (χ3n) is 2.12. The van der Waals surface area contributed by atoms with Gasteiger partial charge in [0.05, 0.1) is 6.42 Å². The molecule has 0 aromatic heterocycles. The molecule has 19 heavy (non-hydrogen) atoms. The van der Waals surface area contributed by atoms with Crippen LogP contribution in [0.15, 0.2) is 24.3 Å². The fraction of sp³-hybridized carbons (Fsp3) is 0.500. The SMILES string of the molecule is C[Si](C)(C)OC(=O)Cc1ccc(O[Si](C)(C)C)cc1. The lowest BCUT2D eigenvalue weighted by molar-refractivity contribution is -0.134. The van der Waals surface area contributed by atoms with Crippen molar-refractivity contribution in [1.29, 1.82) is 0 Å². The molecular formula is C14H24O3Si2. The molecule has 1 aromatic carbocycles. The molecule has 0 unspecified atom stereocenters. The molecule has 0 spiro atoms. The normalized spacial score (nSPS) is 12.1. The summed E-state index contributed by atoms with van der Waals surface area (Å²) >= 11 is 0. The summed E-state index contributed by atoms with van der Waals surface area (Å²) in [6, 6.07) is 7.71. The van der Waals surface area contributed by atoms with Gasteiger partial charge in [0, 0.05) is 0 Å². The van der Waals surface area contributed by atoms with E-state index in [4.69, 9.17) is 8.85 Å². The summed E-state index contributed by atoms with van der Waals surface area (Å²) in [5.41, 5.74) is 0.964. The first kappa shape index (κ1) is 16.0. The second-order valence-corrected chi connectivity index (χ2v) is 15.5. The molecule has 0 bridgehead atoms. The van der Waals surface area contributed by atoms with E-state index in [2.05, 4.69) is 19.6 Å². The molecule has 0 amide bonds. The number of hydrogen-bond donors (Lipinski definition) is 0. The fourth-order valence-corrected chi connectivity index (χ4v) is 3.17. The lowest BCUT2D eigenvalue weighted by Gasteiger charge is -2.19. The van der Waals surface area contributed by atoms with Gasteiger partial charge in [-0.25, -0.2) is 0 Å². The number of carbonyl (C=O) groups is 1. The van der Waals surface area contributed by atoms with Crippen molar-refractivity contribution in [2.24, 2.45) is 0 Å². The van der Waals surface area contributed by atoms with Crippen molar-refractivity contribution in [3.63, 3.8) is 0 Å². The number of hydrogen-bond acceptors (Lipinski definition) is 3. The summed E-state index contributed by atoms with van der Waals surface area (Å²) in [6.07, 6.45) is 0.331. The molecule has 0 aliphatic carbocycles. The Balaban J connectivity index is 2.60. The van der Waals surface area contributed by atoms with E-state index in [0.717, 1.165) is 11.3 Å². The van der Waals surface area contributed by atoms with Crippen molar-refractivity contribution in [3.05, 3.63) is 29.8 Å². The van der Waals surface area contributed by atoms with Crippen molar-refractivity contribution in [1.82, 2.24) is 0 Å². The second kappa shape index (κ2) is 5.92. The first-order valence-corrected chi connectivity index (χ1v) is 13.4. The van der Waals surface area contributed by atoms with Crippen molar-refractivity contribution in [2.75, 3.05) is 0 Å². The highest BCUT2D eigenvalue weighted by Crippen LogP contribution is 2.17. The Hall–Kier alpha value is -1.08. The lowest BCUT2D eigenvalue weighted by atomic mass is 10.1. The zero-order valence-electron chi connectivity index (χ0n) is 12.7. The topological polar surface area (TPSA) is 35.5 Å². The van der Waals surface area contributed by atoms with E-state index in [1.807, 2.05) is 43.9 Å². The molecule has 0 saturated heterocycles. The molecule has 1 rings (SSSR count). The minimum absolute atomic E-state index is 0.141. The molecule has 3 nitrogen and oxygen atoms in total. The zero-order valence-corrected chi connectivity index (χ0v) is 14.7. The summed E-state index contributed by atoms with van der Waals surface area (Å²) < 4.78 is 11.3. The van der Waals surface area contributed by atoms with Gasteiger partial charge in [-0.15, -0.1) is 0 Å². The van der Waals surface area contributed by atoms with Gasteiger partial charge >= 0.3 is 0 Å². The molecular weight excluding hydrogens is 272 g/mol. The molecule has 0 N–H and O–H groups in total. The lowest BCUT2D eigenvalue weighted by Crippen LogP contribution is -2.30. The summed E-state index contributed by atoms with van der Waals surface area (Å²) in [5.74, 6) is 0.736. The van der Waals surface area contributed by atoms with Crippen LogP contribution in [-0.2, 0) is 15.6 Å². The van der Waals surface area contributed by atoms with E-state index >= 15 is 0 Å². The van der Waals surface area contributed by atoms with E-state index in [1.165, 1.54) is 0 Å². The van der Waals surface area contributed by atoms with Crippen LogP contribution in [0.1, 0.15) is 5.56 Å². The molecule has 106 valence electrons. The van der Waals surface area contributed by atoms with E-state index in [1.54, 1.807) is 0 Å². The zero-order chi connectivity index (χ0) is 14.7. The van der Waals surface area contributed by atoms with Crippen LogP contribution < -0.4 is 4.43 Å². The predicted molar refractivity (Wildman–Crippen MR) is 83.6 cm³/mol. The van der Waals surface area contributed by atoms with Crippen LogP contribution >= 0.6 is 0 Å². The predicted octanol–water partition coefficient (Wildman–Crippen LogP) is 3.82. The van der Waals surface area contributed by atoms with E-state index in [0.29, 0.717) is 6.42 Å². The quantitative estimate of drug-likeness (QED) is 0.775. The second-order valence-electron chi connectivity index (χ2n) is 6.62. The van der Waals surface area contributed by atoms with Gasteiger partial charge in [0.1, 0.15) is 5.75 Å². The van der Waals surface area contributed by atoms with Gasteiger partial charge in [0.25, 0.3) is 5.97 Å². The first-order chi connectivity index (χ1) is 8.55. The van der Waals surface area contributed by atoms with Gasteiger partial charge in [-0.05, 0) is 57.0 Å². The van der Waals surface area contributed by atoms with Gasteiger partial charge in [-0.2, -0.15) is 0 Å². The third-order valence-corrected chi connectivity index (χ3v) is 3.80. The minimum atomic E-state index is -1.79. The van der Waals surface area contributed by atoms with Crippen molar-refractivity contribution in [2.45, 2.75) is 45.7 Å². The highest BCUT2D eigenvalue weighted by Gasteiger charge is 2.20. The Morgan fingerprint density at radius 2 is 1.47 bits per heavy atom. The molecule has 0 saturated carbocycles. The van der Waals surface area contributed by atoms with E-state index < -0.39 is 16.6 Å². The van der Waals surface area contributed by atoms with Gasteiger partial charge in [0.15, 0.2) is 0 Å². The maximum Gasteiger partial charge on any atom is 0.296 e. The van der Waals surface area contributed by atoms with Crippen molar-refractivity contribution >= 4 is 22.6 Å². The maximum absolute atomic E-state index is 11.7. The Kier molecular flexibility index (Phi) is 4.98. The third kappa shape index (κ3) is 7.17. The fourth-order valence-electron chi connectivity index (χ4n) is 1.57. The summed E-state index contributed by atoms with van der Waals surface area (Å²) in [6.45, 7) is 12.5. The van der Waals surface area contributed by atoms with Crippen LogP contribution in [-0.4, -0.2) is 22.6 Å².